The lowest BCUT2D eigenvalue weighted by Gasteiger charge is -2.40. The van der Waals surface area contributed by atoms with Gasteiger partial charge in [-0.3, -0.25) is 0 Å². The van der Waals surface area contributed by atoms with Crippen molar-refractivity contribution < 1.29 is 9.53 Å². The van der Waals surface area contributed by atoms with E-state index in [1.807, 2.05) is 25.7 Å². The van der Waals surface area contributed by atoms with Crippen LogP contribution >= 0.6 is 0 Å². The molecule has 116 valence electrons. The van der Waals surface area contributed by atoms with Crippen LogP contribution in [-0.2, 0) is 4.74 Å². The maximum atomic E-state index is 12.1. The summed E-state index contributed by atoms with van der Waals surface area (Å²) >= 11 is 0. The van der Waals surface area contributed by atoms with Crippen molar-refractivity contribution in [3.63, 3.8) is 0 Å². The molecule has 20 heavy (non-hydrogen) atoms. The molecule has 0 unspecified atom stereocenters. The predicted molar refractivity (Wildman–Crippen MR) is 80.8 cm³/mol. The smallest absolute Gasteiger partial charge is 0.410 e. The SMILES string of the molecule is CC(C)N1CCC2(CCN(C(=O)OC(C)(C)C)CC2)C1. The molecule has 2 fully saturated rings. The van der Waals surface area contributed by atoms with Gasteiger partial charge in [-0.1, -0.05) is 0 Å². The van der Waals surface area contributed by atoms with Crippen LogP contribution < -0.4 is 0 Å². The van der Waals surface area contributed by atoms with Crippen molar-refractivity contribution in [1.29, 1.82) is 0 Å². The van der Waals surface area contributed by atoms with E-state index in [0.717, 1.165) is 25.9 Å². The van der Waals surface area contributed by atoms with Crippen LogP contribution in [0, 0.1) is 5.41 Å². The van der Waals surface area contributed by atoms with Gasteiger partial charge in [0.05, 0.1) is 0 Å². The molecule has 2 aliphatic heterocycles. The number of carbonyl (C=O) groups is 1. The van der Waals surface area contributed by atoms with Gasteiger partial charge in [-0.25, -0.2) is 4.79 Å². The molecular weight excluding hydrogens is 252 g/mol. The third-order valence-electron chi connectivity index (χ3n) is 4.67. The van der Waals surface area contributed by atoms with Crippen LogP contribution in [0.5, 0.6) is 0 Å². The molecule has 0 bridgehead atoms. The molecule has 0 aliphatic carbocycles. The first kappa shape index (κ1) is 15.6. The van der Waals surface area contributed by atoms with Crippen LogP contribution in [0.3, 0.4) is 0 Å². The Morgan fingerprint density at radius 2 is 1.65 bits per heavy atom. The van der Waals surface area contributed by atoms with Crippen molar-refractivity contribution in [2.24, 2.45) is 5.41 Å². The minimum Gasteiger partial charge on any atom is -0.444 e. The number of rotatable bonds is 1. The van der Waals surface area contributed by atoms with Crippen LogP contribution in [0.1, 0.15) is 53.9 Å². The predicted octanol–water partition coefficient (Wildman–Crippen LogP) is 3.12. The molecule has 1 spiro atoms. The van der Waals surface area contributed by atoms with E-state index in [0.29, 0.717) is 11.5 Å². The van der Waals surface area contributed by atoms with Gasteiger partial charge in [-0.15, -0.1) is 0 Å². The Morgan fingerprint density at radius 3 is 2.10 bits per heavy atom. The van der Waals surface area contributed by atoms with Crippen LogP contribution in [-0.4, -0.2) is 53.7 Å². The van der Waals surface area contributed by atoms with Crippen molar-refractivity contribution in [2.75, 3.05) is 26.2 Å². The second kappa shape index (κ2) is 5.55. The molecule has 0 aromatic rings. The summed E-state index contributed by atoms with van der Waals surface area (Å²) in [6, 6.07) is 0.637. The molecule has 0 radical (unpaired) electrons. The minimum atomic E-state index is -0.395. The standard InChI is InChI=1S/C16H30N2O2/c1-13(2)18-11-8-16(12-18)6-9-17(10-7-16)14(19)20-15(3,4)5/h13H,6-12H2,1-5H3. The molecule has 0 saturated carbocycles. The lowest BCUT2D eigenvalue weighted by atomic mass is 9.78. The van der Waals surface area contributed by atoms with E-state index in [1.54, 1.807) is 0 Å². The summed E-state index contributed by atoms with van der Waals surface area (Å²) in [5.74, 6) is 0. The summed E-state index contributed by atoms with van der Waals surface area (Å²) < 4.78 is 5.46. The summed E-state index contributed by atoms with van der Waals surface area (Å²) in [6.45, 7) is 14.4. The zero-order chi connectivity index (χ0) is 15.0. The first-order valence-electron chi connectivity index (χ1n) is 7.93. The number of piperidine rings is 1. The van der Waals surface area contributed by atoms with Crippen molar-refractivity contribution in [3.05, 3.63) is 0 Å². The molecule has 0 N–H and O–H groups in total. The van der Waals surface area contributed by atoms with Gasteiger partial charge in [0, 0.05) is 25.7 Å². The molecule has 4 nitrogen and oxygen atoms in total. The Morgan fingerprint density at radius 1 is 1.10 bits per heavy atom. The number of carbonyl (C=O) groups excluding carboxylic acids is 1. The lowest BCUT2D eigenvalue weighted by molar-refractivity contribution is 0.0106. The molecule has 0 aromatic carbocycles. The van der Waals surface area contributed by atoms with Gasteiger partial charge in [-0.2, -0.15) is 0 Å². The largest absolute Gasteiger partial charge is 0.444 e. The van der Waals surface area contributed by atoms with Crippen LogP contribution in [0.4, 0.5) is 4.79 Å². The topological polar surface area (TPSA) is 32.8 Å². The Bertz CT molecular complexity index is 352. The number of amides is 1. The third-order valence-corrected chi connectivity index (χ3v) is 4.67. The molecular formula is C16H30N2O2. The van der Waals surface area contributed by atoms with E-state index in [2.05, 4.69) is 18.7 Å². The fourth-order valence-electron chi connectivity index (χ4n) is 3.31. The average Bonchev–Trinajstić information content (AvgIpc) is 2.72. The number of likely N-dealkylation sites (tertiary alicyclic amines) is 2. The average molecular weight is 282 g/mol. The highest BCUT2D eigenvalue weighted by Crippen LogP contribution is 2.41. The van der Waals surface area contributed by atoms with E-state index in [1.165, 1.54) is 19.5 Å². The van der Waals surface area contributed by atoms with Crippen molar-refractivity contribution in [2.45, 2.75) is 65.5 Å². The van der Waals surface area contributed by atoms with Crippen molar-refractivity contribution in [3.8, 4) is 0 Å². The zero-order valence-corrected chi connectivity index (χ0v) is 13.7. The van der Waals surface area contributed by atoms with E-state index >= 15 is 0 Å². The number of nitrogens with zero attached hydrogens (tertiary/aromatic N) is 2. The first-order valence-corrected chi connectivity index (χ1v) is 7.93. The number of hydrogen-bond acceptors (Lipinski definition) is 3. The maximum Gasteiger partial charge on any atom is 0.410 e. The zero-order valence-electron chi connectivity index (χ0n) is 13.7. The summed E-state index contributed by atoms with van der Waals surface area (Å²) in [7, 11) is 0. The highest BCUT2D eigenvalue weighted by molar-refractivity contribution is 5.68. The Hall–Kier alpha value is -0.770. The molecule has 1 amide bonds. The van der Waals surface area contributed by atoms with Gasteiger partial charge in [0.1, 0.15) is 5.60 Å². The molecule has 4 heteroatoms. The number of ether oxygens (including phenoxy) is 1. The molecule has 2 rings (SSSR count). The fourth-order valence-corrected chi connectivity index (χ4v) is 3.31. The van der Waals surface area contributed by atoms with E-state index in [-0.39, 0.29) is 6.09 Å². The maximum absolute atomic E-state index is 12.1. The van der Waals surface area contributed by atoms with E-state index in [9.17, 15) is 4.79 Å². The Kier molecular flexibility index (Phi) is 4.33. The summed E-state index contributed by atoms with van der Waals surface area (Å²) in [6.07, 6.45) is 3.38. The second-order valence-corrected chi connectivity index (χ2v) is 7.78. The van der Waals surface area contributed by atoms with Gasteiger partial charge in [0.2, 0.25) is 0 Å². The highest BCUT2D eigenvalue weighted by atomic mass is 16.6. The van der Waals surface area contributed by atoms with E-state index in [4.69, 9.17) is 4.74 Å². The van der Waals surface area contributed by atoms with E-state index < -0.39 is 5.60 Å². The Labute approximate surface area is 123 Å². The van der Waals surface area contributed by atoms with Gasteiger partial charge < -0.3 is 14.5 Å². The monoisotopic (exact) mass is 282 g/mol. The molecule has 0 aromatic heterocycles. The van der Waals surface area contributed by atoms with Gasteiger partial charge in [0.25, 0.3) is 0 Å². The highest BCUT2D eigenvalue weighted by Gasteiger charge is 2.42. The van der Waals surface area contributed by atoms with Crippen LogP contribution in [0.15, 0.2) is 0 Å². The molecule has 2 heterocycles. The van der Waals surface area contributed by atoms with Gasteiger partial charge >= 0.3 is 6.09 Å². The quantitative estimate of drug-likeness (QED) is 0.741. The fraction of sp³-hybridized carbons (Fsp3) is 0.938. The summed E-state index contributed by atoms with van der Waals surface area (Å²) in [4.78, 5) is 16.5. The second-order valence-electron chi connectivity index (χ2n) is 7.78. The minimum absolute atomic E-state index is 0.147. The normalized spacial score (nSPS) is 23.6. The van der Waals surface area contributed by atoms with Crippen molar-refractivity contribution >= 4 is 6.09 Å². The lowest BCUT2D eigenvalue weighted by Crippen LogP contribution is -2.46. The van der Waals surface area contributed by atoms with Crippen LogP contribution in [0.2, 0.25) is 0 Å². The third kappa shape index (κ3) is 3.66. The Balaban J connectivity index is 1.85. The van der Waals surface area contributed by atoms with Crippen molar-refractivity contribution in [1.82, 2.24) is 9.80 Å². The summed E-state index contributed by atoms with van der Waals surface area (Å²) in [5, 5.41) is 0. The molecule has 2 aliphatic rings. The van der Waals surface area contributed by atoms with Crippen LogP contribution in [0.25, 0.3) is 0 Å². The number of hydrogen-bond donors (Lipinski definition) is 0. The first-order chi connectivity index (χ1) is 9.21. The summed E-state index contributed by atoms with van der Waals surface area (Å²) in [5.41, 5.74) is 0.0524. The van der Waals surface area contributed by atoms with Gasteiger partial charge in [-0.05, 0) is 65.8 Å². The molecule has 0 atom stereocenters. The molecule has 2 saturated heterocycles. The van der Waals surface area contributed by atoms with Gasteiger partial charge in [0.15, 0.2) is 0 Å².